The maximum atomic E-state index is 4.43. The van der Waals surface area contributed by atoms with Crippen LogP contribution in [0.2, 0.25) is 0 Å². The Morgan fingerprint density at radius 2 is 2.21 bits per heavy atom. The van der Waals surface area contributed by atoms with Gasteiger partial charge in [-0.15, -0.1) is 0 Å². The first kappa shape index (κ1) is 9.44. The van der Waals surface area contributed by atoms with Crippen molar-refractivity contribution in [3.8, 4) is 0 Å². The molecule has 0 radical (unpaired) electrons. The maximum absolute atomic E-state index is 4.43. The van der Waals surface area contributed by atoms with Crippen molar-refractivity contribution < 1.29 is 0 Å². The fourth-order valence-electron chi connectivity index (χ4n) is 1.45. The molecule has 1 heterocycles. The molecule has 0 aliphatic heterocycles. The summed E-state index contributed by atoms with van der Waals surface area (Å²) < 4.78 is 0. The van der Waals surface area contributed by atoms with Crippen LogP contribution in [0.5, 0.6) is 0 Å². The molecule has 3 nitrogen and oxygen atoms in total. The Morgan fingerprint density at radius 1 is 1.43 bits per heavy atom. The minimum absolute atomic E-state index is 0.800. The number of hydrogen-bond acceptors (Lipinski definition) is 3. The minimum Gasteiger partial charge on any atom is -0.354 e. The molecule has 0 saturated heterocycles. The summed E-state index contributed by atoms with van der Waals surface area (Å²) in [6.45, 7) is 5.17. The van der Waals surface area contributed by atoms with Crippen LogP contribution in [-0.2, 0) is 6.42 Å². The quantitative estimate of drug-likeness (QED) is 0.792. The highest BCUT2D eigenvalue weighted by Gasteiger charge is 2.20. The predicted octanol–water partition coefficient (Wildman–Crippen LogP) is 2.17. The van der Waals surface area contributed by atoms with Crippen LogP contribution in [0.15, 0.2) is 6.07 Å². The zero-order valence-electron chi connectivity index (χ0n) is 8.88. The Balaban J connectivity index is 2.03. The zero-order chi connectivity index (χ0) is 9.97. The molecule has 1 saturated carbocycles. The zero-order valence-corrected chi connectivity index (χ0v) is 8.88. The van der Waals surface area contributed by atoms with Crippen molar-refractivity contribution in [2.45, 2.75) is 33.1 Å². The first-order chi connectivity index (χ1) is 6.78. The molecule has 0 amide bonds. The molecule has 0 bridgehead atoms. The van der Waals surface area contributed by atoms with Gasteiger partial charge in [0.05, 0.1) is 0 Å². The number of nitrogens with one attached hydrogen (secondary N) is 1. The van der Waals surface area contributed by atoms with Crippen LogP contribution >= 0.6 is 0 Å². The van der Waals surface area contributed by atoms with Crippen LogP contribution in [-0.4, -0.2) is 16.5 Å². The molecule has 0 atom stereocenters. The average molecular weight is 191 g/mol. The first-order valence-electron chi connectivity index (χ1n) is 5.36. The highest BCUT2D eigenvalue weighted by atomic mass is 15.1. The highest BCUT2D eigenvalue weighted by molar-refractivity contribution is 5.28. The Bertz CT molecular complexity index is 318. The van der Waals surface area contributed by atoms with E-state index in [0.717, 1.165) is 36.2 Å². The molecule has 1 aliphatic carbocycles. The third-order valence-corrected chi connectivity index (χ3v) is 2.52. The molecular formula is C11H17N3. The molecule has 1 aromatic rings. The van der Waals surface area contributed by atoms with Crippen LogP contribution in [0.4, 0.5) is 5.95 Å². The van der Waals surface area contributed by atoms with E-state index in [4.69, 9.17) is 0 Å². The number of aryl methyl sites for hydroxylation is 2. The van der Waals surface area contributed by atoms with Gasteiger partial charge in [-0.3, -0.25) is 0 Å². The molecule has 1 N–H and O–H groups in total. The Hall–Kier alpha value is -1.12. The predicted molar refractivity (Wildman–Crippen MR) is 57.4 cm³/mol. The summed E-state index contributed by atoms with van der Waals surface area (Å²) in [5, 5.41) is 3.30. The SMILES string of the molecule is CCc1cc(C)nc(NCC2CC2)n1. The lowest BCUT2D eigenvalue weighted by Crippen LogP contribution is -2.08. The third kappa shape index (κ3) is 2.44. The molecule has 3 heteroatoms. The number of hydrogen-bond donors (Lipinski definition) is 1. The largest absolute Gasteiger partial charge is 0.354 e. The van der Waals surface area contributed by atoms with E-state index < -0.39 is 0 Å². The van der Waals surface area contributed by atoms with Crippen LogP contribution in [0.1, 0.15) is 31.2 Å². The van der Waals surface area contributed by atoms with E-state index in [1.807, 2.05) is 13.0 Å². The standard InChI is InChI=1S/C11H17N3/c1-3-10-6-8(2)13-11(14-10)12-7-9-4-5-9/h6,9H,3-5,7H2,1-2H3,(H,12,13,14). The van der Waals surface area contributed by atoms with Crippen molar-refractivity contribution in [3.05, 3.63) is 17.5 Å². The van der Waals surface area contributed by atoms with Gasteiger partial charge in [0.25, 0.3) is 0 Å². The summed E-state index contributed by atoms with van der Waals surface area (Å²) in [4.78, 5) is 8.79. The molecular weight excluding hydrogens is 174 g/mol. The summed E-state index contributed by atoms with van der Waals surface area (Å²) in [5.74, 6) is 1.66. The molecule has 14 heavy (non-hydrogen) atoms. The van der Waals surface area contributed by atoms with E-state index in [2.05, 4.69) is 22.2 Å². The van der Waals surface area contributed by atoms with Gasteiger partial charge < -0.3 is 5.32 Å². The molecule has 0 aromatic carbocycles. The summed E-state index contributed by atoms with van der Waals surface area (Å²) in [7, 11) is 0. The van der Waals surface area contributed by atoms with Gasteiger partial charge in [0.15, 0.2) is 0 Å². The van der Waals surface area contributed by atoms with E-state index >= 15 is 0 Å². The van der Waals surface area contributed by atoms with E-state index in [1.54, 1.807) is 0 Å². The number of nitrogens with zero attached hydrogens (tertiary/aromatic N) is 2. The Kier molecular flexibility index (Phi) is 2.66. The molecule has 2 rings (SSSR count). The monoisotopic (exact) mass is 191 g/mol. The van der Waals surface area contributed by atoms with E-state index in [0.29, 0.717) is 0 Å². The van der Waals surface area contributed by atoms with E-state index in [9.17, 15) is 0 Å². The fourth-order valence-corrected chi connectivity index (χ4v) is 1.45. The van der Waals surface area contributed by atoms with Gasteiger partial charge in [0, 0.05) is 17.9 Å². The van der Waals surface area contributed by atoms with Crippen molar-refractivity contribution in [1.82, 2.24) is 9.97 Å². The maximum Gasteiger partial charge on any atom is 0.223 e. The van der Waals surface area contributed by atoms with Gasteiger partial charge in [-0.1, -0.05) is 6.92 Å². The van der Waals surface area contributed by atoms with Crippen LogP contribution in [0.25, 0.3) is 0 Å². The van der Waals surface area contributed by atoms with Crippen molar-refractivity contribution in [2.75, 3.05) is 11.9 Å². The van der Waals surface area contributed by atoms with Crippen molar-refractivity contribution in [1.29, 1.82) is 0 Å². The lowest BCUT2D eigenvalue weighted by Gasteiger charge is -2.06. The minimum atomic E-state index is 0.800. The topological polar surface area (TPSA) is 37.8 Å². The number of aromatic nitrogens is 2. The summed E-state index contributed by atoms with van der Waals surface area (Å²) in [5.41, 5.74) is 2.17. The van der Waals surface area contributed by atoms with Gasteiger partial charge in [-0.05, 0) is 38.2 Å². The van der Waals surface area contributed by atoms with Gasteiger partial charge in [0.2, 0.25) is 5.95 Å². The third-order valence-electron chi connectivity index (χ3n) is 2.52. The van der Waals surface area contributed by atoms with Gasteiger partial charge in [-0.25, -0.2) is 9.97 Å². The molecule has 1 fully saturated rings. The first-order valence-corrected chi connectivity index (χ1v) is 5.36. The fraction of sp³-hybridized carbons (Fsp3) is 0.636. The smallest absolute Gasteiger partial charge is 0.223 e. The lowest BCUT2D eigenvalue weighted by molar-refractivity contribution is 0.862. The van der Waals surface area contributed by atoms with Gasteiger partial charge in [0.1, 0.15) is 0 Å². The van der Waals surface area contributed by atoms with Gasteiger partial charge >= 0.3 is 0 Å². The van der Waals surface area contributed by atoms with Crippen LogP contribution in [0.3, 0.4) is 0 Å². The van der Waals surface area contributed by atoms with Crippen molar-refractivity contribution in [2.24, 2.45) is 5.92 Å². The number of anilines is 1. The molecule has 76 valence electrons. The number of rotatable bonds is 4. The summed E-state index contributed by atoms with van der Waals surface area (Å²) in [6.07, 6.45) is 3.69. The normalized spacial score (nSPS) is 15.6. The van der Waals surface area contributed by atoms with E-state index in [1.165, 1.54) is 12.8 Å². The average Bonchev–Trinajstić information content (AvgIpc) is 2.97. The molecule has 0 unspecified atom stereocenters. The molecule has 1 aliphatic rings. The summed E-state index contributed by atoms with van der Waals surface area (Å²) in [6, 6.07) is 2.04. The Morgan fingerprint density at radius 3 is 2.86 bits per heavy atom. The lowest BCUT2D eigenvalue weighted by atomic mass is 10.3. The molecule has 0 spiro atoms. The van der Waals surface area contributed by atoms with Crippen molar-refractivity contribution >= 4 is 5.95 Å². The highest BCUT2D eigenvalue weighted by Crippen LogP contribution is 2.28. The van der Waals surface area contributed by atoms with Crippen LogP contribution < -0.4 is 5.32 Å². The second-order valence-electron chi connectivity index (χ2n) is 4.00. The van der Waals surface area contributed by atoms with E-state index in [-0.39, 0.29) is 0 Å². The second kappa shape index (κ2) is 3.95. The Labute approximate surface area is 85.0 Å². The summed E-state index contributed by atoms with van der Waals surface area (Å²) >= 11 is 0. The van der Waals surface area contributed by atoms with Crippen LogP contribution in [0, 0.1) is 12.8 Å². The molecule has 1 aromatic heterocycles. The van der Waals surface area contributed by atoms with Gasteiger partial charge in [-0.2, -0.15) is 0 Å². The second-order valence-corrected chi connectivity index (χ2v) is 4.00. The van der Waals surface area contributed by atoms with Crippen molar-refractivity contribution in [3.63, 3.8) is 0 Å².